The Morgan fingerprint density at radius 3 is 2.18 bits per heavy atom. The summed E-state index contributed by atoms with van der Waals surface area (Å²) in [5.74, 6) is 0.742. The second-order valence-corrected chi connectivity index (χ2v) is 4.29. The lowest BCUT2D eigenvalue weighted by Crippen LogP contribution is -2.30. The van der Waals surface area contributed by atoms with Crippen LogP contribution in [0.3, 0.4) is 0 Å². The molecule has 0 aliphatic carbocycles. The number of rotatable bonds is 4. The molecule has 0 saturated carbocycles. The molecule has 0 atom stereocenters. The minimum Gasteiger partial charge on any atom is -0.296 e. The fraction of sp³-hybridized carbons (Fsp3) is 1.00. The SMILES string of the molecule is CC(C)CCNOC(C)(C)C. The van der Waals surface area contributed by atoms with Crippen LogP contribution < -0.4 is 5.48 Å². The van der Waals surface area contributed by atoms with Gasteiger partial charge in [-0.25, -0.2) is 5.48 Å². The van der Waals surface area contributed by atoms with Crippen molar-refractivity contribution >= 4 is 0 Å². The Hall–Kier alpha value is -0.0800. The first kappa shape index (κ1) is 10.9. The zero-order chi connectivity index (χ0) is 8.91. The molecule has 0 saturated heterocycles. The van der Waals surface area contributed by atoms with Crippen molar-refractivity contribution in [2.75, 3.05) is 6.54 Å². The monoisotopic (exact) mass is 159 g/mol. The fourth-order valence-corrected chi connectivity index (χ4v) is 0.615. The highest BCUT2D eigenvalue weighted by molar-refractivity contribution is 4.56. The van der Waals surface area contributed by atoms with Crippen LogP contribution in [0, 0.1) is 5.92 Å². The lowest BCUT2D eigenvalue weighted by atomic mass is 10.1. The van der Waals surface area contributed by atoms with E-state index in [0.29, 0.717) is 0 Å². The minimum atomic E-state index is -0.0724. The molecule has 2 nitrogen and oxygen atoms in total. The zero-order valence-corrected chi connectivity index (χ0v) is 8.40. The maximum Gasteiger partial charge on any atom is 0.0812 e. The Balaban J connectivity index is 3.15. The zero-order valence-electron chi connectivity index (χ0n) is 8.40. The molecule has 0 aliphatic heterocycles. The standard InChI is InChI=1S/C9H21NO/c1-8(2)6-7-10-11-9(3,4)5/h8,10H,6-7H2,1-5H3. The first-order valence-electron chi connectivity index (χ1n) is 4.32. The van der Waals surface area contributed by atoms with Gasteiger partial charge in [0, 0.05) is 6.54 Å². The van der Waals surface area contributed by atoms with E-state index in [0.717, 1.165) is 18.9 Å². The molecule has 0 bridgehead atoms. The van der Waals surface area contributed by atoms with Crippen molar-refractivity contribution in [2.45, 2.75) is 46.6 Å². The van der Waals surface area contributed by atoms with Crippen molar-refractivity contribution in [3.05, 3.63) is 0 Å². The molecule has 0 unspecified atom stereocenters. The van der Waals surface area contributed by atoms with Crippen LogP contribution in [0.15, 0.2) is 0 Å². The van der Waals surface area contributed by atoms with E-state index in [2.05, 4.69) is 19.3 Å². The highest BCUT2D eigenvalue weighted by Gasteiger charge is 2.09. The first-order valence-corrected chi connectivity index (χ1v) is 4.32. The Bertz CT molecular complexity index is 94.2. The molecule has 0 rings (SSSR count). The molecule has 0 amide bonds. The second-order valence-electron chi connectivity index (χ2n) is 4.29. The van der Waals surface area contributed by atoms with E-state index in [1.165, 1.54) is 0 Å². The van der Waals surface area contributed by atoms with E-state index in [-0.39, 0.29) is 5.60 Å². The number of hydroxylamine groups is 1. The van der Waals surface area contributed by atoms with Crippen LogP contribution in [0.25, 0.3) is 0 Å². The lowest BCUT2D eigenvalue weighted by Gasteiger charge is -2.19. The molecule has 0 radical (unpaired) electrons. The third-order valence-corrected chi connectivity index (χ3v) is 1.20. The van der Waals surface area contributed by atoms with Gasteiger partial charge >= 0.3 is 0 Å². The summed E-state index contributed by atoms with van der Waals surface area (Å²) in [5.41, 5.74) is 2.88. The van der Waals surface area contributed by atoms with E-state index in [4.69, 9.17) is 4.84 Å². The topological polar surface area (TPSA) is 21.3 Å². The van der Waals surface area contributed by atoms with Gasteiger partial charge in [-0.15, -0.1) is 0 Å². The summed E-state index contributed by atoms with van der Waals surface area (Å²) in [5, 5.41) is 0. The molecule has 0 spiro atoms. The Morgan fingerprint density at radius 1 is 1.27 bits per heavy atom. The lowest BCUT2D eigenvalue weighted by molar-refractivity contribution is -0.0733. The van der Waals surface area contributed by atoms with Gasteiger partial charge in [0.2, 0.25) is 0 Å². The van der Waals surface area contributed by atoms with Crippen LogP contribution in [0.4, 0.5) is 0 Å². The number of hydrogen-bond donors (Lipinski definition) is 1. The molecule has 11 heavy (non-hydrogen) atoms. The largest absolute Gasteiger partial charge is 0.296 e. The van der Waals surface area contributed by atoms with Gasteiger partial charge in [-0.05, 0) is 33.1 Å². The highest BCUT2D eigenvalue weighted by Crippen LogP contribution is 2.04. The van der Waals surface area contributed by atoms with Crippen molar-refractivity contribution in [3.63, 3.8) is 0 Å². The highest BCUT2D eigenvalue weighted by atomic mass is 16.7. The summed E-state index contributed by atoms with van der Waals surface area (Å²) in [7, 11) is 0. The second kappa shape index (κ2) is 4.73. The van der Waals surface area contributed by atoms with Crippen molar-refractivity contribution in [2.24, 2.45) is 5.92 Å². The third-order valence-electron chi connectivity index (χ3n) is 1.20. The average molecular weight is 159 g/mol. The summed E-state index contributed by atoms with van der Waals surface area (Å²) in [6.45, 7) is 11.5. The quantitative estimate of drug-likeness (QED) is 0.502. The third kappa shape index (κ3) is 9.92. The summed E-state index contributed by atoms with van der Waals surface area (Å²) in [6.07, 6.45) is 1.16. The van der Waals surface area contributed by atoms with E-state index in [1.54, 1.807) is 0 Å². The molecule has 0 aromatic rings. The molecule has 0 fully saturated rings. The van der Waals surface area contributed by atoms with Crippen LogP contribution in [0.1, 0.15) is 41.0 Å². The Morgan fingerprint density at radius 2 is 1.82 bits per heavy atom. The minimum absolute atomic E-state index is 0.0724. The Kier molecular flexibility index (Phi) is 4.69. The Labute approximate surface area is 70.3 Å². The molecule has 0 heterocycles. The molecular weight excluding hydrogens is 138 g/mol. The van der Waals surface area contributed by atoms with Crippen molar-refractivity contribution < 1.29 is 4.84 Å². The van der Waals surface area contributed by atoms with Crippen molar-refractivity contribution in [1.82, 2.24) is 5.48 Å². The summed E-state index contributed by atoms with van der Waals surface area (Å²) < 4.78 is 0. The van der Waals surface area contributed by atoms with E-state index >= 15 is 0 Å². The van der Waals surface area contributed by atoms with E-state index in [9.17, 15) is 0 Å². The number of hydrogen-bond acceptors (Lipinski definition) is 2. The molecule has 0 aromatic heterocycles. The maximum atomic E-state index is 5.33. The fourth-order valence-electron chi connectivity index (χ4n) is 0.615. The maximum absolute atomic E-state index is 5.33. The summed E-state index contributed by atoms with van der Waals surface area (Å²) >= 11 is 0. The summed E-state index contributed by atoms with van der Waals surface area (Å²) in [6, 6.07) is 0. The molecule has 0 aliphatic rings. The van der Waals surface area contributed by atoms with Crippen LogP contribution in [-0.2, 0) is 4.84 Å². The van der Waals surface area contributed by atoms with Gasteiger partial charge in [0.05, 0.1) is 5.60 Å². The van der Waals surface area contributed by atoms with Gasteiger partial charge in [-0.2, -0.15) is 0 Å². The van der Waals surface area contributed by atoms with Crippen molar-refractivity contribution in [3.8, 4) is 0 Å². The van der Waals surface area contributed by atoms with Gasteiger partial charge in [0.15, 0.2) is 0 Å². The number of nitrogens with one attached hydrogen (secondary N) is 1. The first-order chi connectivity index (χ1) is 4.92. The van der Waals surface area contributed by atoms with E-state index < -0.39 is 0 Å². The normalized spacial score (nSPS) is 12.5. The van der Waals surface area contributed by atoms with Gasteiger partial charge in [0.1, 0.15) is 0 Å². The molecule has 68 valence electrons. The van der Waals surface area contributed by atoms with Crippen LogP contribution in [0.2, 0.25) is 0 Å². The van der Waals surface area contributed by atoms with Crippen molar-refractivity contribution in [1.29, 1.82) is 0 Å². The predicted octanol–water partition coefficient (Wildman–Crippen LogP) is 2.35. The molecule has 2 heteroatoms. The summed E-state index contributed by atoms with van der Waals surface area (Å²) in [4.78, 5) is 5.33. The van der Waals surface area contributed by atoms with Crippen LogP contribution in [-0.4, -0.2) is 12.1 Å². The van der Waals surface area contributed by atoms with Crippen LogP contribution in [0.5, 0.6) is 0 Å². The average Bonchev–Trinajstić information content (AvgIpc) is 1.78. The van der Waals surface area contributed by atoms with Crippen LogP contribution >= 0.6 is 0 Å². The van der Waals surface area contributed by atoms with Gasteiger partial charge < -0.3 is 0 Å². The van der Waals surface area contributed by atoms with Gasteiger partial charge in [-0.3, -0.25) is 4.84 Å². The predicted molar refractivity (Wildman–Crippen MR) is 48.3 cm³/mol. The van der Waals surface area contributed by atoms with E-state index in [1.807, 2.05) is 20.8 Å². The smallest absolute Gasteiger partial charge is 0.0812 e. The molecule has 0 aromatic carbocycles. The molecular formula is C9H21NO. The molecule has 1 N–H and O–H groups in total. The van der Waals surface area contributed by atoms with Gasteiger partial charge in [0.25, 0.3) is 0 Å². The van der Waals surface area contributed by atoms with Gasteiger partial charge in [-0.1, -0.05) is 13.8 Å².